The second-order valence-electron chi connectivity index (χ2n) is 6.78. The van der Waals surface area contributed by atoms with Crippen molar-refractivity contribution >= 4 is 11.6 Å². The molecule has 6 heteroatoms. The molecule has 0 spiro atoms. The van der Waals surface area contributed by atoms with Crippen molar-refractivity contribution in [2.75, 3.05) is 25.0 Å². The molecule has 1 fully saturated rings. The third kappa shape index (κ3) is 4.20. The van der Waals surface area contributed by atoms with Gasteiger partial charge in [0.15, 0.2) is 0 Å². The van der Waals surface area contributed by atoms with Crippen LogP contribution in [-0.2, 0) is 13.6 Å². The molecule has 0 atom stereocenters. The molecule has 1 aromatic carbocycles. The van der Waals surface area contributed by atoms with Crippen LogP contribution in [0.2, 0.25) is 0 Å². The topological polar surface area (TPSA) is 70.4 Å². The van der Waals surface area contributed by atoms with Gasteiger partial charge in [-0.05, 0) is 55.5 Å². The average Bonchev–Trinajstić information content (AvgIpc) is 2.97. The van der Waals surface area contributed by atoms with Crippen molar-refractivity contribution in [1.29, 1.82) is 0 Å². The number of amides is 1. The number of hydrogen-bond donors (Lipinski definition) is 2. The highest BCUT2D eigenvalue weighted by molar-refractivity contribution is 5.94. The van der Waals surface area contributed by atoms with Crippen molar-refractivity contribution in [3.05, 3.63) is 47.3 Å². The van der Waals surface area contributed by atoms with Gasteiger partial charge in [-0.3, -0.25) is 9.48 Å². The highest BCUT2D eigenvalue weighted by Gasteiger charge is 2.23. The summed E-state index contributed by atoms with van der Waals surface area (Å²) in [6.07, 6.45) is 3.76. The minimum Gasteiger partial charge on any atom is -0.396 e. The molecule has 0 unspecified atom stereocenters. The number of nitrogens with zero attached hydrogens (tertiary/aromatic N) is 3. The van der Waals surface area contributed by atoms with Crippen molar-refractivity contribution in [1.82, 2.24) is 14.7 Å². The number of anilines is 1. The van der Waals surface area contributed by atoms with E-state index >= 15 is 0 Å². The van der Waals surface area contributed by atoms with E-state index in [0.29, 0.717) is 18.0 Å². The molecule has 0 saturated carbocycles. The summed E-state index contributed by atoms with van der Waals surface area (Å²) in [7, 11) is 1.92. The van der Waals surface area contributed by atoms with Gasteiger partial charge in [0.1, 0.15) is 0 Å². The predicted octanol–water partition coefficient (Wildman–Crippen LogP) is 2.19. The normalized spacial score (nSPS) is 15.4. The molecule has 2 aromatic rings. The Hall–Kier alpha value is -2.34. The van der Waals surface area contributed by atoms with E-state index in [1.54, 1.807) is 0 Å². The molecule has 3 rings (SSSR count). The van der Waals surface area contributed by atoms with Gasteiger partial charge in [0.05, 0.1) is 12.2 Å². The molecule has 0 aliphatic carbocycles. The van der Waals surface area contributed by atoms with Crippen LogP contribution in [0.5, 0.6) is 0 Å². The number of piperidine rings is 1. The highest BCUT2D eigenvalue weighted by Crippen LogP contribution is 2.19. The second-order valence-corrected chi connectivity index (χ2v) is 6.78. The molecule has 1 aromatic heterocycles. The van der Waals surface area contributed by atoms with Crippen LogP contribution in [0.15, 0.2) is 30.5 Å². The Balaban J connectivity index is 1.56. The summed E-state index contributed by atoms with van der Waals surface area (Å²) in [6, 6.07) is 7.61. The Morgan fingerprint density at radius 2 is 1.96 bits per heavy atom. The van der Waals surface area contributed by atoms with Crippen molar-refractivity contribution in [3.63, 3.8) is 0 Å². The van der Waals surface area contributed by atoms with Crippen molar-refractivity contribution in [3.8, 4) is 0 Å². The lowest BCUT2D eigenvalue weighted by Gasteiger charge is -2.31. The molecule has 25 heavy (non-hydrogen) atoms. The predicted molar refractivity (Wildman–Crippen MR) is 97.4 cm³/mol. The third-order valence-electron chi connectivity index (χ3n) is 4.87. The summed E-state index contributed by atoms with van der Waals surface area (Å²) in [4.78, 5) is 14.4. The smallest absolute Gasteiger partial charge is 0.253 e. The van der Waals surface area contributed by atoms with E-state index in [-0.39, 0.29) is 12.5 Å². The molecule has 0 radical (unpaired) electrons. The van der Waals surface area contributed by atoms with Crippen LogP contribution >= 0.6 is 0 Å². The number of aliphatic hydroxyl groups excluding tert-OH is 1. The van der Waals surface area contributed by atoms with Gasteiger partial charge < -0.3 is 15.3 Å². The van der Waals surface area contributed by atoms with Gasteiger partial charge in [0, 0.05) is 44.2 Å². The van der Waals surface area contributed by atoms with E-state index in [4.69, 9.17) is 0 Å². The van der Waals surface area contributed by atoms with Crippen LogP contribution in [0.3, 0.4) is 0 Å². The molecule has 2 heterocycles. The summed E-state index contributed by atoms with van der Waals surface area (Å²) in [5.74, 6) is 0.411. The number of aryl methyl sites for hydroxylation is 2. The quantitative estimate of drug-likeness (QED) is 0.874. The molecule has 134 valence electrons. The number of likely N-dealkylation sites (tertiary alicyclic amines) is 1. The number of hydrogen-bond acceptors (Lipinski definition) is 4. The van der Waals surface area contributed by atoms with E-state index in [1.165, 1.54) is 0 Å². The Kier molecular flexibility index (Phi) is 5.38. The van der Waals surface area contributed by atoms with Crippen LogP contribution in [0.25, 0.3) is 0 Å². The molecule has 1 aliphatic rings. The largest absolute Gasteiger partial charge is 0.396 e. The van der Waals surface area contributed by atoms with Crippen LogP contribution in [0.1, 0.15) is 34.5 Å². The standard InChI is InChI=1S/C19H26N4O2/c1-14-12-22(2)21-18(14)11-20-17-5-3-16(4-6-17)19(25)23-9-7-15(13-24)8-10-23/h3-6,12,15,20,24H,7-11,13H2,1-2H3. The maximum absolute atomic E-state index is 12.6. The molecule has 1 amide bonds. The van der Waals surface area contributed by atoms with Crippen LogP contribution in [-0.4, -0.2) is 45.4 Å². The second kappa shape index (κ2) is 7.70. The maximum atomic E-state index is 12.6. The molecule has 6 nitrogen and oxygen atoms in total. The fourth-order valence-electron chi connectivity index (χ4n) is 3.25. The minimum atomic E-state index is 0.0727. The summed E-state index contributed by atoms with van der Waals surface area (Å²) in [5, 5.41) is 17.0. The van der Waals surface area contributed by atoms with Gasteiger partial charge >= 0.3 is 0 Å². The summed E-state index contributed by atoms with van der Waals surface area (Å²) in [6.45, 7) is 4.38. The van der Waals surface area contributed by atoms with E-state index in [0.717, 1.165) is 42.9 Å². The zero-order valence-electron chi connectivity index (χ0n) is 14.9. The molecular weight excluding hydrogens is 316 g/mol. The number of rotatable bonds is 5. The van der Waals surface area contributed by atoms with Crippen molar-refractivity contribution in [2.24, 2.45) is 13.0 Å². The molecular formula is C19H26N4O2. The van der Waals surface area contributed by atoms with Crippen molar-refractivity contribution in [2.45, 2.75) is 26.3 Å². The van der Waals surface area contributed by atoms with E-state index in [2.05, 4.69) is 10.4 Å². The first-order chi connectivity index (χ1) is 12.1. The van der Waals surface area contributed by atoms with Gasteiger partial charge in [-0.1, -0.05) is 0 Å². The Bertz CT molecular complexity index is 716. The zero-order valence-corrected chi connectivity index (χ0v) is 14.9. The highest BCUT2D eigenvalue weighted by atomic mass is 16.3. The Morgan fingerprint density at radius 1 is 1.28 bits per heavy atom. The Labute approximate surface area is 148 Å². The first kappa shape index (κ1) is 17.5. The molecule has 0 bridgehead atoms. The number of aromatic nitrogens is 2. The fraction of sp³-hybridized carbons (Fsp3) is 0.474. The summed E-state index contributed by atoms with van der Waals surface area (Å²) < 4.78 is 1.81. The summed E-state index contributed by atoms with van der Waals surface area (Å²) in [5.41, 5.74) is 3.87. The van der Waals surface area contributed by atoms with Gasteiger partial charge in [0.2, 0.25) is 0 Å². The van der Waals surface area contributed by atoms with Gasteiger partial charge in [-0.2, -0.15) is 5.10 Å². The lowest BCUT2D eigenvalue weighted by molar-refractivity contribution is 0.0651. The van der Waals surface area contributed by atoms with Crippen LogP contribution < -0.4 is 5.32 Å². The number of carbonyl (C=O) groups is 1. The van der Waals surface area contributed by atoms with E-state index in [9.17, 15) is 9.90 Å². The van der Waals surface area contributed by atoms with Crippen LogP contribution in [0, 0.1) is 12.8 Å². The van der Waals surface area contributed by atoms with E-state index < -0.39 is 0 Å². The summed E-state index contributed by atoms with van der Waals surface area (Å²) >= 11 is 0. The molecule has 1 saturated heterocycles. The third-order valence-corrected chi connectivity index (χ3v) is 4.87. The number of benzene rings is 1. The van der Waals surface area contributed by atoms with E-state index in [1.807, 2.05) is 54.0 Å². The Morgan fingerprint density at radius 3 is 2.52 bits per heavy atom. The zero-order chi connectivity index (χ0) is 17.8. The van der Waals surface area contributed by atoms with Gasteiger partial charge in [-0.15, -0.1) is 0 Å². The first-order valence-corrected chi connectivity index (χ1v) is 8.80. The first-order valence-electron chi connectivity index (χ1n) is 8.80. The molecule has 1 aliphatic heterocycles. The lowest BCUT2D eigenvalue weighted by atomic mass is 9.97. The van der Waals surface area contributed by atoms with Crippen LogP contribution in [0.4, 0.5) is 5.69 Å². The maximum Gasteiger partial charge on any atom is 0.253 e. The lowest BCUT2D eigenvalue weighted by Crippen LogP contribution is -2.39. The average molecular weight is 342 g/mol. The number of carbonyl (C=O) groups excluding carboxylic acids is 1. The number of nitrogens with one attached hydrogen (secondary N) is 1. The van der Waals surface area contributed by atoms with Gasteiger partial charge in [0.25, 0.3) is 5.91 Å². The van der Waals surface area contributed by atoms with Gasteiger partial charge in [-0.25, -0.2) is 0 Å². The number of aliphatic hydroxyl groups is 1. The monoisotopic (exact) mass is 342 g/mol. The SMILES string of the molecule is Cc1cn(C)nc1CNc1ccc(C(=O)N2CCC(CO)CC2)cc1. The van der Waals surface area contributed by atoms with Crippen molar-refractivity contribution < 1.29 is 9.90 Å². The fourth-order valence-corrected chi connectivity index (χ4v) is 3.25. The minimum absolute atomic E-state index is 0.0727. The molecule has 2 N–H and O–H groups in total.